The summed E-state index contributed by atoms with van der Waals surface area (Å²) in [7, 11) is -15.5. The number of hydrogen-bond acceptors (Lipinski definition) is 12. The van der Waals surface area contributed by atoms with Crippen molar-refractivity contribution in [2.45, 2.75) is 0 Å². The predicted molar refractivity (Wildman–Crippen MR) is 47.4 cm³/mol. The van der Waals surface area contributed by atoms with Crippen molar-refractivity contribution in [1.29, 1.82) is 0 Å². The largest absolute Gasteiger partial charge is 3.00 e. The van der Waals surface area contributed by atoms with Gasteiger partial charge in [-0.15, -0.1) is 0 Å². The van der Waals surface area contributed by atoms with Crippen LogP contribution in [0.25, 0.3) is 0 Å². The summed E-state index contributed by atoms with van der Waals surface area (Å²) in [6, 6.07) is 0. The second-order valence-corrected chi connectivity index (χ2v) is 3.67. The summed E-state index contributed by atoms with van der Waals surface area (Å²) in [5.41, 5.74) is 0. The molecular weight excluding hydrogens is 448 g/mol. The van der Waals surface area contributed by atoms with E-state index in [-0.39, 0.29) is 85.9 Å². The Labute approximate surface area is 168 Å². The minimum atomic E-state index is -5.17. The van der Waals surface area contributed by atoms with Crippen LogP contribution in [0.2, 0.25) is 0 Å². The van der Waals surface area contributed by atoms with Crippen LogP contribution in [0.5, 0.6) is 0 Å². The average Bonchev–Trinajstić information content (AvgIpc) is 1.41. The van der Waals surface area contributed by atoms with Crippen LogP contribution in [0.3, 0.4) is 0 Å². The van der Waals surface area contributed by atoms with E-state index < -0.39 is 31.2 Å². The van der Waals surface area contributed by atoms with Gasteiger partial charge in [-0.3, -0.25) is 25.3 Å². The van der Waals surface area contributed by atoms with Crippen LogP contribution in [0, 0.1) is 0 Å². The first-order valence-corrected chi connectivity index (χ1v) is 6.00. The van der Waals surface area contributed by atoms with Gasteiger partial charge in [-0.2, -0.15) is 0 Å². The Morgan fingerprint density at radius 3 is 0.474 bits per heavy atom. The SMILES string of the molecule is O=S(=O)([O-])[O-].O=S(=O)([O-])[O-].O=S(=O)([O-])[O-].[Fe+3].[Fe+3].[H-].[H-].[H-].[H-].[Mg+2].[Mg+2]. The van der Waals surface area contributed by atoms with Gasteiger partial charge in [-0.1, -0.05) is 0 Å². The van der Waals surface area contributed by atoms with Crippen molar-refractivity contribution in [3.63, 3.8) is 0 Å². The molecule has 0 saturated heterocycles. The summed E-state index contributed by atoms with van der Waals surface area (Å²) < 4.78 is 102. The van der Waals surface area contributed by atoms with Gasteiger partial charge in [0.2, 0.25) is 0 Å². The van der Waals surface area contributed by atoms with Gasteiger partial charge in [-0.25, -0.2) is 0 Å². The molecule has 19 heavy (non-hydrogen) atoms. The van der Waals surface area contributed by atoms with Gasteiger partial charge in [0.05, 0.1) is 0 Å². The third-order valence-corrected chi connectivity index (χ3v) is 0. The molecule has 2 radical (unpaired) electrons. The molecule has 0 unspecified atom stereocenters. The van der Waals surface area contributed by atoms with Crippen LogP contribution in [0.15, 0.2) is 0 Å². The molecule has 0 spiro atoms. The summed E-state index contributed by atoms with van der Waals surface area (Å²) in [6.45, 7) is 0. The summed E-state index contributed by atoms with van der Waals surface area (Å²) >= 11 is 0. The molecule has 12 nitrogen and oxygen atoms in total. The minimum absolute atomic E-state index is 0. The van der Waals surface area contributed by atoms with E-state index in [1.54, 1.807) is 0 Å². The van der Waals surface area contributed by atoms with E-state index >= 15 is 0 Å². The van der Waals surface area contributed by atoms with Crippen molar-refractivity contribution in [3.8, 4) is 0 Å². The fraction of sp³-hybridized carbons (Fsp3) is 0. The Kier molecular flexibility index (Phi) is 41.2. The monoisotopic (exact) mass is 452 g/mol. The Morgan fingerprint density at radius 1 is 0.474 bits per heavy atom. The molecule has 0 fully saturated rings. The molecular formula is H4Fe2Mg2O12S3. The predicted octanol–water partition coefficient (Wildman–Crippen LogP) is -4.33. The molecule has 0 N–H and O–H groups in total. The molecule has 0 amide bonds. The van der Waals surface area contributed by atoms with Gasteiger partial charge in [0.15, 0.2) is 0 Å². The second kappa shape index (κ2) is 18.2. The molecule has 0 aliphatic rings. The molecule has 0 atom stereocenters. The Morgan fingerprint density at radius 2 is 0.474 bits per heavy atom. The zero-order valence-electron chi connectivity index (χ0n) is 12.2. The number of hydrogen-bond donors (Lipinski definition) is 0. The van der Waals surface area contributed by atoms with Crippen molar-refractivity contribution in [2.24, 2.45) is 0 Å². The molecule has 114 valence electrons. The molecule has 19 heteroatoms. The smallest absolute Gasteiger partial charge is 1.00 e. The maximum absolute atomic E-state index is 8.52. The van der Waals surface area contributed by atoms with E-state index in [0.29, 0.717) is 0 Å². The zero-order valence-corrected chi connectivity index (χ0v) is 15.7. The number of rotatable bonds is 0. The van der Waals surface area contributed by atoms with Crippen LogP contribution >= 0.6 is 0 Å². The average molecular weight is 453 g/mol. The Hall–Kier alpha value is 2.18. The van der Waals surface area contributed by atoms with Gasteiger partial charge in [-0.05, 0) is 0 Å². The Balaban J connectivity index is -0.00000000889. The van der Waals surface area contributed by atoms with E-state index in [2.05, 4.69) is 0 Å². The molecule has 0 aliphatic carbocycles. The van der Waals surface area contributed by atoms with Gasteiger partial charge in [0.25, 0.3) is 0 Å². The molecule has 0 rings (SSSR count). The van der Waals surface area contributed by atoms with E-state index in [9.17, 15) is 0 Å². The first-order chi connectivity index (χ1) is 6.00. The zero-order chi connectivity index (χ0) is 13.5. The van der Waals surface area contributed by atoms with Crippen LogP contribution in [0.1, 0.15) is 5.71 Å². The maximum Gasteiger partial charge on any atom is 3.00 e. The molecule has 0 heterocycles. The minimum Gasteiger partial charge on any atom is -1.00 e. The summed E-state index contributed by atoms with van der Waals surface area (Å²) in [6.07, 6.45) is 0. The van der Waals surface area contributed by atoms with Crippen molar-refractivity contribution in [3.05, 3.63) is 0 Å². The van der Waals surface area contributed by atoms with Gasteiger partial charge in [0, 0.05) is 31.2 Å². The Bertz CT molecular complexity index is 365. The van der Waals surface area contributed by atoms with Crippen LogP contribution in [0.4, 0.5) is 0 Å². The summed E-state index contributed by atoms with van der Waals surface area (Å²) in [5, 5.41) is 0. The normalized spacial score (nSPS) is 9.16. The third-order valence-electron chi connectivity index (χ3n) is 0. The molecule has 0 aromatic carbocycles. The van der Waals surface area contributed by atoms with E-state index in [4.69, 9.17) is 52.6 Å². The summed E-state index contributed by atoms with van der Waals surface area (Å²) in [5.74, 6) is 0. The van der Waals surface area contributed by atoms with Gasteiger partial charge < -0.3 is 33.0 Å². The third kappa shape index (κ3) is 1400. The fourth-order valence-electron chi connectivity index (χ4n) is 0. The van der Waals surface area contributed by atoms with Crippen LogP contribution in [-0.2, 0) is 65.3 Å². The van der Waals surface area contributed by atoms with Gasteiger partial charge >= 0.3 is 80.2 Å². The second-order valence-electron chi connectivity index (χ2n) is 1.22. The van der Waals surface area contributed by atoms with E-state index in [1.165, 1.54) is 0 Å². The maximum atomic E-state index is 8.52. The van der Waals surface area contributed by atoms with Crippen LogP contribution in [-0.4, -0.2) is 98.7 Å². The van der Waals surface area contributed by atoms with Crippen molar-refractivity contribution in [2.75, 3.05) is 0 Å². The molecule has 0 bridgehead atoms. The first kappa shape index (κ1) is 42.9. The van der Waals surface area contributed by atoms with Crippen molar-refractivity contribution >= 4 is 77.3 Å². The topological polar surface area (TPSA) is 241 Å². The molecule has 0 saturated carbocycles. The van der Waals surface area contributed by atoms with Gasteiger partial charge in [0.1, 0.15) is 0 Å². The van der Waals surface area contributed by atoms with E-state index in [0.717, 1.165) is 0 Å². The molecule has 0 aliphatic heterocycles. The molecule has 0 aromatic heterocycles. The van der Waals surface area contributed by atoms with Crippen molar-refractivity contribution in [1.82, 2.24) is 0 Å². The first-order valence-electron chi connectivity index (χ1n) is 2.00. The standard InChI is InChI=1S/2Fe.2Mg.3H2O4S.4H/c;;;;3*1-5(2,3)4;;;;/h;;;;3*(H2,1,2,3,4);;;;/q2*+3;2*+2;;;;4*-1/p-6. The van der Waals surface area contributed by atoms with Crippen molar-refractivity contribution < 1.29 is 92.4 Å². The fourth-order valence-corrected chi connectivity index (χ4v) is 0. The summed E-state index contributed by atoms with van der Waals surface area (Å²) in [4.78, 5) is 0. The van der Waals surface area contributed by atoms with Crippen LogP contribution < -0.4 is 0 Å². The molecule has 0 aromatic rings. The van der Waals surface area contributed by atoms with E-state index in [1.807, 2.05) is 0 Å². The quantitative estimate of drug-likeness (QED) is 0.192.